The molecule has 1 aliphatic heterocycles. The van der Waals surface area contributed by atoms with E-state index in [1.54, 1.807) is 7.05 Å². The van der Waals surface area contributed by atoms with Crippen LogP contribution in [-0.4, -0.2) is 66.1 Å². The minimum atomic E-state index is -0.483. The summed E-state index contributed by atoms with van der Waals surface area (Å²) in [6.07, 6.45) is 0.121. The molecule has 138 valence electrons. The van der Waals surface area contributed by atoms with Crippen LogP contribution in [0.3, 0.4) is 0 Å². The van der Waals surface area contributed by atoms with Gasteiger partial charge >= 0.3 is 0 Å². The highest BCUT2D eigenvalue weighted by molar-refractivity contribution is 5.89. The van der Waals surface area contributed by atoms with Gasteiger partial charge in [0.1, 0.15) is 0 Å². The summed E-state index contributed by atoms with van der Waals surface area (Å²) in [7, 11) is 1.65. The third kappa shape index (κ3) is 4.20. The summed E-state index contributed by atoms with van der Waals surface area (Å²) in [5.41, 5.74) is 1.12. The quantitative estimate of drug-likeness (QED) is 0.810. The van der Waals surface area contributed by atoms with Crippen LogP contribution in [0.1, 0.15) is 12.0 Å². The lowest BCUT2D eigenvalue weighted by molar-refractivity contribution is -0.138. The molecule has 2 aromatic rings. The topological polar surface area (TPSA) is 72.9 Å². The number of piperazine rings is 1. The van der Waals surface area contributed by atoms with Crippen LogP contribution in [0.15, 0.2) is 42.5 Å². The molecule has 1 heterocycles. The third-order valence-electron chi connectivity index (χ3n) is 4.87. The van der Waals surface area contributed by atoms with Crippen molar-refractivity contribution in [3.63, 3.8) is 0 Å². The van der Waals surface area contributed by atoms with E-state index in [1.165, 1.54) is 15.7 Å². The molecule has 0 aromatic heterocycles. The lowest BCUT2D eigenvalue weighted by Gasteiger charge is -2.35. The van der Waals surface area contributed by atoms with Crippen molar-refractivity contribution in [2.45, 2.75) is 19.0 Å². The molecule has 3 rings (SSSR count). The van der Waals surface area contributed by atoms with Crippen LogP contribution >= 0.6 is 0 Å². The van der Waals surface area contributed by atoms with Gasteiger partial charge in [0.05, 0.1) is 19.1 Å². The maximum Gasteiger partial charge on any atom is 0.237 e. The lowest BCUT2D eigenvalue weighted by Crippen LogP contribution is -2.56. The first-order chi connectivity index (χ1) is 12.6. The Labute approximate surface area is 153 Å². The average molecular weight is 355 g/mol. The third-order valence-corrected chi connectivity index (χ3v) is 4.87. The zero-order valence-electron chi connectivity index (χ0n) is 15.0. The molecule has 1 atom stereocenters. The number of amides is 2. The highest BCUT2D eigenvalue weighted by Crippen LogP contribution is 2.19. The molecule has 2 amide bonds. The standard InChI is InChI=1S/C20H25N3O3/c1-22(10-11-24)19(25)13-18-20(26)21-8-9-23(18)14-15-6-7-16-4-2-3-5-17(16)12-15/h2-7,12,18,24H,8-11,13-14H2,1H3,(H,21,26)/t18-/m1/s1. The van der Waals surface area contributed by atoms with E-state index in [4.69, 9.17) is 5.11 Å². The van der Waals surface area contributed by atoms with Crippen molar-refractivity contribution in [2.75, 3.05) is 33.3 Å². The second-order valence-corrected chi connectivity index (χ2v) is 6.70. The van der Waals surface area contributed by atoms with Gasteiger partial charge in [-0.15, -0.1) is 0 Å². The van der Waals surface area contributed by atoms with Crippen LogP contribution < -0.4 is 5.32 Å². The second kappa shape index (κ2) is 8.29. The van der Waals surface area contributed by atoms with E-state index >= 15 is 0 Å². The molecule has 0 unspecified atom stereocenters. The van der Waals surface area contributed by atoms with Crippen molar-refractivity contribution >= 4 is 22.6 Å². The van der Waals surface area contributed by atoms with Crippen LogP contribution in [0.2, 0.25) is 0 Å². The minimum absolute atomic E-state index is 0.0834. The second-order valence-electron chi connectivity index (χ2n) is 6.70. The molecule has 26 heavy (non-hydrogen) atoms. The normalized spacial score (nSPS) is 17.9. The van der Waals surface area contributed by atoms with Crippen molar-refractivity contribution < 1.29 is 14.7 Å². The van der Waals surface area contributed by atoms with E-state index < -0.39 is 6.04 Å². The van der Waals surface area contributed by atoms with E-state index in [-0.39, 0.29) is 31.4 Å². The molecule has 0 spiro atoms. The van der Waals surface area contributed by atoms with Gasteiger partial charge in [0, 0.05) is 33.2 Å². The summed E-state index contributed by atoms with van der Waals surface area (Å²) < 4.78 is 0. The number of rotatable bonds is 6. The van der Waals surface area contributed by atoms with Gasteiger partial charge in [0.15, 0.2) is 0 Å². The van der Waals surface area contributed by atoms with Crippen LogP contribution in [0.5, 0.6) is 0 Å². The predicted octanol–water partition coefficient (Wildman–Crippen LogP) is 0.981. The van der Waals surface area contributed by atoms with Crippen molar-refractivity contribution in [3.05, 3.63) is 48.0 Å². The number of hydrogen-bond acceptors (Lipinski definition) is 4. The molecule has 2 aromatic carbocycles. The van der Waals surface area contributed by atoms with E-state index in [9.17, 15) is 9.59 Å². The summed E-state index contributed by atoms with van der Waals surface area (Å²) in [6, 6.07) is 14.0. The summed E-state index contributed by atoms with van der Waals surface area (Å²) in [6.45, 7) is 2.11. The Morgan fingerprint density at radius 3 is 2.81 bits per heavy atom. The van der Waals surface area contributed by atoms with E-state index in [0.717, 1.165) is 5.56 Å². The summed E-state index contributed by atoms with van der Waals surface area (Å²) >= 11 is 0. The summed E-state index contributed by atoms with van der Waals surface area (Å²) in [5, 5.41) is 14.2. The Bertz CT molecular complexity index is 793. The molecular weight excluding hydrogens is 330 g/mol. The predicted molar refractivity (Wildman–Crippen MR) is 100 cm³/mol. The highest BCUT2D eigenvalue weighted by Gasteiger charge is 2.32. The van der Waals surface area contributed by atoms with E-state index in [1.807, 2.05) is 12.1 Å². The fourth-order valence-electron chi connectivity index (χ4n) is 3.34. The molecule has 0 bridgehead atoms. The monoisotopic (exact) mass is 355 g/mol. The summed E-state index contributed by atoms with van der Waals surface area (Å²) in [5.74, 6) is -0.243. The van der Waals surface area contributed by atoms with Crippen LogP contribution in [0.4, 0.5) is 0 Å². The van der Waals surface area contributed by atoms with Gasteiger partial charge in [-0.1, -0.05) is 36.4 Å². The first kappa shape index (κ1) is 18.4. The summed E-state index contributed by atoms with van der Waals surface area (Å²) in [4.78, 5) is 28.2. The molecule has 6 heteroatoms. The Morgan fingerprint density at radius 1 is 1.27 bits per heavy atom. The number of aliphatic hydroxyl groups excluding tert-OH is 1. The van der Waals surface area contributed by atoms with Crippen molar-refractivity contribution in [1.82, 2.24) is 15.1 Å². The van der Waals surface area contributed by atoms with Gasteiger partial charge in [0.25, 0.3) is 0 Å². The van der Waals surface area contributed by atoms with Crippen molar-refractivity contribution in [3.8, 4) is 0 Å². The maximum atomic E-state index is 12.4. The van der Waals surface area contributed by atoms with Gasteiger partial charge in [-0.05, 0) is 22.4 Å². The number of fused-ring (bicyclic) bond motifs is 1. The van der Waals surface area contributed by atoms with Gasteiger partial charge in [0.2, 0.25) is 11.8 Å². The Morgan fingerprint density at radius 2 is 2.04 bits per heavy atom. The minimum Gasteiger partial charge on any atom is -0.395 e. The molecular formula is C20H25N3O3. The number of nitrogens with zero attached hydrogens (tertiary/aromatic N) is 2. The molecule has 1 saturated heterocycles. The fraction of sp³-hybridized carbons (Fsp3) is 0.400. The number of carbonyl (C=O) groups excluding carboxylic acids is 2. The number of aliphatic hydroxyl groups is 1. The zero-order valence-corrected chi connectivity index (χ0v) is 15.0. The number of nitrogens with one attached hydrogen (secondary N) is 1. The number of benzene rings is 2. The SMILES string of the molecule is CN(CCO)C(=O)C[C@@H]1C(=O)NCCN1Cc1ccc2ccccc2c1. The first-order valence-electron chi connectivity index (χ1n) is 8.93. The van der Waals surface area contributed by atoms with Gasteiger partial charge < -0.3 is 15.3 Å². The lowest BCUT2D eigenvalue weighted by atomic mass is 10.0. The van der Waals surface area contributed by atoms with E-state index in [2.05, 4.69) is 40.5 Å². The number of likely N-dealkylation sites (N-methyl/N-ethyl adjacent to an activating group) is 1. The van der Waals surface area contributed by atoms with Gasteiger partial charge in [-0.2, -0.15) is 0 Å². The number of hydrogen-bond donors (Lipinski definition) is 2. The van der Waals surface area contributed by atoms with Crippen molar-refractivity contribution in [1.29, 1.82) is 0 Å². The maximum absolute atomic E-state index is 12.4. The zero-order chi connectivity index (χ0) is 18.5. The van der Waals surface area contributed by atoms with Gasteiger partial charge in [-0.3, -0.25) is 14.5 Å². The molecule has 1 aliphatic rings. The smallest absolute Gasteiger partial charge is 0.237 e. The molecule has 2 N–H and O–H groups in total. The molecule has 0 radical (unpaired) electrons. The Hall–Kier alpha value is -2.44. The molecule has 1 fully saturated rings. The number of carbonyl (C=O) groups is 2. The van der Waals surface area contributed by atoms with Crippen LogP contribution in [-0.2, 0) is 16.1 Å². The van der Waals surface area contributed by atoms with Crippen molar-refractivity contribution in [2.24, 2.45) is 0 Å². The van der Waals surface area contributed by atoms with Crippen LogP contribution in [0.25, 0.3) is 10.8 Å². The Kier molecular flexibility index (Phi) is 5.85. The largest absolute Gasteiger partial charge is 0.395 e. The highest BCUT2D eigenvalue weighted by atomic mass is 16.3. The average Bonchev–Trinajstić information content (AvgIpc) is 2.64. The Balaban J connectivity index is 1.74. The fourth-order valence-corrected chi connectivity index (χ4v) is 3.34. The molecule has 0 saturated carbocycles. The molecule has 0 aliphatic carbocycles. The molecule has 6 nitrogen and oxygen atoms in total. The van der Waals surface area contributed by atoms with Crippen LogP contribution in [0, 0.1) is 0 Å². The van der Waals surface area contributed by atoms with E-state index in [0.29, 0.717) is 19.6 Å². The first-order valence-corrected chi connectivity index (χ1v) is 8.93. The van der Waals surface area contributed by atoms with Gasteiger partial charge in [-0.25, -0.2) is 0 Å².